The highest BCUT2D eigenvalue weighted by atomic mass is 127. The summed E-state index contributed by atoms with van der Waals surface area (Å²) < 4.78 is 4.87. The number of nitrogens with two attached hydrogens (primary N) is 1. The van der Waals surface area contributed by atoms with Crippen LogP contribution in [-0.4, -0.2) is 20.9 Å². The van der Waals surface area contributed by atoms with Gasteiger partial charge in [0.05, 0.1) is 3.42 Å². The minimum atomic E-state index is -0.606. The number of ether oxygens (including phenoxy) is 1. The van der Waals surface area contributed by atoms with Gasteiger partial charge in [-0.25, -0.2) is 0 Å². The Morgan fingerprint density at radius 2 is 2.15 bits per heavy atom. The van der Waals surface area contributed by atoms with Crippen molar-refractivity contribution in [2.45, 2.75) is 35.7 Å². The number of hydrogen-bond acceptors (Lipinski definition) is 4. The lowest BCUT2D eigenvalue weighted by molar-refractivity contribution is -0.146. The van der Waals surface area contributed by atoms with Crippen LogP contribution >= 0.6 is 44.2 Å². The normalized spacial score (nSPS) is 16.5. The number of alkyl halides is 1. The zero-order chi connectivity index (χ0) is 10.6. The van der Waals surface area contributed by atoms with Crippen molar-refractivity contribution in [3.05, 3.63) is 0 Å². The summed E-state index contributed by atoms with van der Waals surface area (Å²) in [6, 6.07) is -0.606. The molecule has 0 rings (SSSR count). The Hall–Kier alpha value is 0.800. The molecule has 0 aliphatic rings. The van der Waals surface area contributed by atoms with Crippen LogP contribution in [0.5, 0.6) is 0 Å². The summed E-state index contributed by atoms with van der Waals surface area (Å²) in [5.41, 5.74) is 4.97. The molecule has 6 heteroatoms. The van der Waals surface area contributed by atoms with Crippen LogP contribution in [0.1, 0.15) is 20.8 Å². The Bertz CT molecular complexity index is 184. The first kappa shape index (κ1) is 13.8. The molecule has 0 aromatic carbocycles. The molecule has 0 aliphatic heterocycles. The van der Waals surface area contributed by atoms with Gasteiger partial charge < -0.3 is 10.5 Å². The van der Waals surface area contributed by atoms with E-state index >= 15 is 0 Å². The van der Waals surface area contributed by atoms with Crippen LogP contribution in [-0.2, 0) is 9.53 Å². The maximum atomic E-state index is 11.1. The zero-order valence-electron chi connectivity index (χ0n) is 7.71. The highest BCUT2D eigenvalue weighted by Crippen LogP contribution is 2.34. The Balaban J connectivity index is 4.22. The van der Waals surface area contributed by atoms with Gasteiger partial charge in [0.2, 0.25) is 0 Å². The average molecular weight is 338 g/mol. The minimum absolute atomic E-state index is 0.214. The molecular formula is C7H13ClINO2S. The molecule has 0 aromatic rings. The lowest BCUT2D eigenvalue weighted by atomic mass is 10.2. The fourth-order valence-corrected chi connectivity index (χ4v) is 2.56. The van der Waals surface area contributed by atoms with E-state index in [2.05, 4.69) is 22.6 Å². The number of hydrogen-bond donors (Lipinski definition) is 1. The summed E-state index contributed by atoms with van der Waals surface area (Å²) in [7, 11) is 6.58. The second kappa shape index (κ2) is 5.63. The van der Waals surface area contributed by atoms with E-state index in [1.54, 1.807) is 6.92 Å². The third-order valence-electron chi connectivity index (χ3n) is 1.24. The van der Waals surface area contributed by atoms with Crippen molar-refractivity contribution in [3.8, 4) is 0 Å². The van der Waals surface area contributed by atoms with E-state index in [4.69, 9.17) is 21.2 Å². The smallest absolute Gasteiger partial charge is 0.323 e. The Morgan fingerprint density at radius 3 is 2.38 bits per heavy atom. The monoisotopic (exact) mass is 337 g/mol. The molecule has 0 aliphatic carbocycles. The predicted octanol–water partition coefficient (Wildman–Crippen LogP) is 2.30. The molecule has 0 bridgehead atoms. The highest BCUT2D eigenvalue weighted by Gasteiger charge is 2.31. The zero-order valence-corrected chi connectivity index (χ0v) is 11.4. The SMILES string of the molecule is CC(N)C(=O)OC(SCl)C(C)(C)I. The molecule has 2 N–H and O–H groups in total. The van der Waals surface area contributed by atoms with E-state index in [0.717, 1.165) is 11.0 Å². The molecular weight excluding hydrogens is 325 g/mol. The molecule has 0 heterocycles. The summed E-state index contributed by atoms with van der Waals surface area (Å²) in [5, 5.41) is 0. The quantitative estimate of drug-likeness (QED) is 0.370. The Kier molecular flexibility index (Phi) is 5.97. The van der Waals surface area contributed by atoms with Crippen LogP contribution in [0.25, 0.3) is 0 Å². The van der Waals surface area contributed by atoms with Gasteiger partial charge in [-0.05, 0) is 42.4 Å². The van der Waals surface area contributed by atoms with Gasteiger partial charge in [-0.15, -0.1) is 0 Å². The molecule has 0 saturated heterocycles. The lowest BCUT2D eigenvalue weighted by Crippen LogP contribution is -2.37. The first-order valence-corrected chi connectivity index (χ1v) is 6.50. The van der Waals surface area contributed by atoms with Gasteiger partial charge in [-0.3, -0.25) is 4.79 Å². The van der Waals surface area contributed by atoms with E-state index < -0.39 is 12.0 Å². The molecule has 2 atom stereocenters. The van der Waals surface area contributed by atoms with Crippen LogP contribution in [0.15, 0.2) is 0 Å². The summed E-state index contributed by atoms with van der Waals surface area (Å²) in [6.07, 6.45) is 0. The number of carbonyl (C=O) groups excluding carboxylic acids is 1. The van der Waals surface area contributed by atoms with Crippen molar-refractivity contribution in [2.75, 3.05) is 0 Å². The largest absolute Gasteiger partial charge is 0.447 e. The van der Waals surface area contributed by atoms with Crippen molar-refractivity contribution in [1.29, 1.82) is 0 Å². The topological polar surface area (TPSA) is 52.3 Å². The van der Waals surface area contributed by atoms with Gasteiger partial charge >= 0.3 is 5.97 Å². The number of carbonyl (C=O) groups is 1. The van der Waals surface area contributed by atoms with Crippen LogP contribution < -0.4 is 5.73 Å². The molecule has 3 nitrogen and oxygen atoms in total. The number of rotatable bonds is 4. The van der Waals surface area contributed by atoms with E-state index in [-0.39, 0.29) is 8.86 Å². The molecule has 0 saturated carbocycles. The van der Waals surface area contributed by atoms with Gasteiger partial charge in [0.1, 0.15) is 6.04 Å². The van der Waals surface area contributed by atoms with E-state index in [1.165, 1.54) is 0 Å². The Morgan fingerprint density at radius 1 is 1.69 bits per heavy atom. The van der Waals surface area contributed by atoms with Gasteiger partial charge in [0.15, 0.2) is 5.44 Å². The van der Waals surface area contributed by atoms with Gasteiger partial charge in [-0.2, -0.15) is 0 Å². The van der Waals surface area contributed by atoms with Crippen LogP contribution in [0.2, 0.25) is 0 Å². The molecule has 0 fully saturated rings. The fraction of sp³-hybridized carbons (Fsp3) is 0.857. The number of esters is 1. The van der Waals surface area contributed by atoms with Crippen molar-refractivity contribution in [3.63, 3.8) is 0 Å². The molecule has 78 valence electrons. The van der Waals surface area contributed by atoms with Crippen LogP contribution in [0.3, 0.4) is 0 Å². The van der Waals surface area contributed by atoms with Gasteiger partial charge in [0.25, 0.3) is 0 Å². The lowest BCUT2D eigenvalue weighted by Gasteiger charge is -2.26. The first-order valence-electron chi connectivity index (χ1n) is 3.71. The highest BCUT2D eigenvalue weighted by molar-refractivity contribution is 14.1. The first-order chi connectivity index (χ1) is 5.79. The minimum Gasteiger partial charge on any atom is -0.447 e. The third-order valence-corrected chi connectivity index (χ3v) is 3.56. The molecule has 0 radical (unpaired) electrons. The van der Waals surface area contributed by atoms with Gasteiger partial charge in [-0.1, -0.05) is 22.6 Å². The van der Waals surface area contributed by atoms with Crippen molar-refractivity contribution in [1.82, 2.24) is 0 Å². The molecule has 0 aromatic heterocycles. The summed E-state index contributed by atoms with van der Waals surface area (Å²) >= 11 is 2.17. The predicted molar refractivity (Wildman–Crippen MR) is 65.1 cm³/mol. The summed E-state index contributed by atoms with van der Waals surface area (Å²) in [4.78, 5) is 11.1. The second-order valence-corrected chi connectivity index (χ2v) is 7.13. The maximum Gasteiger partial charge on any atom is 0.323 e. The van der Waals surface area contributed by atoms with Gasteiger partial charge in [0, 0.05) is 0 Å². The average Bonchev–Trinajstić information content (AvgIpc) is 1.96. The maximum absolute atomic E-state index is 11.1. The van der Waals surface area contributed by atoms with E-state index in [9.17, 15) is 4.79 Å². The molecule has 0 spiro atoms. The standard InChI is InChI=1S/C7H13ClINO2S/c1-4(10)5(11)12-6(13-8)7(2,3)9/h4,6H,10H2,1-3H3. The number of halogens is 2. The molecule has 0 amide bonds. The van der Waals surface area contributed by atoms with E-state index in [1.807, 2.05) is 13.8 Å². The summed E-state index contributed by atoms with van der Waals surface area (Å²) in [5.74, 6) is -0.428. The van der Waals surface area contributed by atoms with Crippen molar-refractivity contribution < 1.29 is 9.53 Å². The third kappa shape index (κ3) is 5.29. The van der Waals surface area contributed by atoms with E-state index in [0.29, 0.717) is 0 Å². The van der Waals surface area contributed by atoms with Crippen molar-refractivity contribution >= 4 is 50.2 Å². The summed E-state index contributed by atoms with van der Waals surface area (Å²) in [6.45, 7) is 5.45. The van der Waals surface area contributed by atoms with Crippen LogP contribution in [0.4, 0.5) is 0 Å². The Labute approximate surface area is 101 Å². The van der Waals surface area contributed by atoms with Crippen molar-refractivity contribution in [2.24, 2.45) is 5.73 Å². The molecule has 13 heavy (non-hydrogen) atoms. The second-order valence-electron chi connectivity index (χ2n) is 3.21. The molecule has 2 unspecified atom stereocenters. The fourth-order valence-electron chi connectivity index (χ4n) is 0.477. The van der Waals surface area contributed by atoms with Crippen LogP contribution in [0, 0.1) is 0 Å².